The molecular weight excluding hydrogens is 446 g/mol. The van der Waals surface area contributed by atoms with E-state index >= 15 is 0 Å². The largest absolute Gasteiger partial charge is 0.465 e. The number of carboxylic acid groups (broad SMARTS) is 1. The molecule has 9 heteroatoms. The predicted molar refractivity (Wildman–Crippen MR) is 130 cm³/mol. The summed E-state index contributed by atoms with van der Waals surface area (Å²) in [6.45, 7) is 0.474. The molecule has 174 valence electrons. The molecule has 9 nitrogen and oxygen atoms in total. The topological polar surface area (TPSA) is 108 Å². The highest BCUT2D eigenvalue weighted by Gasteiger charge is 2.31. The average Bonchev–Trinajstić information content (AvgIpc) is 3.51. The average molecular weight is 467 g/mol. The lowest BCUT2D eigenvalue weighted by atomic mass is 10.1. The molecule has 1 aliphatic heterocycles. The molecular formula is C26H21N5O4. The van der Waals surface area contributed by atoms with Crippen LogP contribution in [0.5, 0.6) is 0 Å². The van der Waals surface area contributed by atoms with Crippen molar-refractivity contribution < 1.29 is 19.5 Å². The second kappa shape index (κ2) is 9.59. The van der Waals surface area contributed by atoms with Gasteiger partial charge in [-0.3, -0.25) is 14.6 Å². The van der Waals surface area contributed by atoms with E-state index < -0.39 is 6.09 Å². The van der Waals surface area contributed by atoms with Crippen molar-refractivity contribution >= 4 is 29.1 Å². The third kappa shape index (κ3) is 4.78. The minimum Gasteiger partial charge on any atom is -0.465 e. The molecule has 0 radical (unpaired) electrons. The van der Waals surface area contributed by atoms with Crippen LogP contribution < -0.4 is 10.6 Å². The quantitative estimate of drug-likeness (QED) is 0.378. The number of anilines is 2. The number of hydrogen-bond acceptors (Lipinski definition) is 4. The van der Waals surface area contributed by atoms with Crippen molar-refractivity contribution in [3.63, 3.8) is 0 Å². The van der Waals surface area contributed by atoms with Crippen molar-refractivity contribution in [2.75, 3.05) is 17.2 Å². The fourth-order valence-corrected chi connectivity index (χ4v) is 3.95. The van der Waals surface area contributed by atoms with E-state index in [1.807, 2.05) is 42.5 Å². The second-order valence-corrected chi connectivity index (χ2v) is 7.82. The maximum atomic E-state index is 12.9. The van der Waals surface area contributed by atoms with E-state index in [0.29, 0.717) is 34.9 Å². The maximum absolute atomic E-state index is 12.9. The predicted octanol–water partition coefficient (Wildman–Crippen LogP) is 4.73. The fraction of sp³-hybridized carbons (Fsp3) is 0.115. The summed E-state index contributed by atoms with van der Waals surface area (Å²) in [7, 11) is 0. The van der Waals surface area contributed by atoms with Gasteiger partial charge in [-0.25, -0.2) is 14.6 Å². The molecule has 3 heterocycles. The Hall–Kier alpha value is -4.81. The number of amides is 3. The Morgan fingerprint density at radius 2 is 1.89 bits per heavy atom. The van der Waals surface area contributed by atoms with Crippen LogP contribution in [0.1, 0.15) is 29.3 Å². The summed E-state index contributed by atoms with van der Waals surface area (Å²) in [5.41, 5.74) is 3.73. The van der Waals surface area contributed by atoms with Crippen LogP contribution in [0.15, 0.2) is 79.1 Å². The van der Waals surface area contributed by atoms with Gasteiger partial charge in [0.2, 0.25) is 0 Å². The number of pyridine rings is 1. The molecule has 3 amide bonds. The van der Waals surface area contributed by atoms with Gasteiger partial charge in [-0.15, -0.1) is 0 Å². The molecule has 35 heavy (non-hydrogen) atoms. The van der Waals surface area contributed by atoms with Gasteiger partial charge in [-0.05, 0) is 41.8 Å². The minimum absolute atomic E-state index is 0.144. The lowest BCUT2D eigenvalue weighted by Gasteiger charge is -2.23. The summed E-state index contributed by atoms with van der Waals surface area (Å²) < 4.78 is 1.71. The summed E-state index contributed by atoms with van der Waals surface area (Å²) in [5, 5.41) is 15.6. The Balaban J connectivity index is 1.33. The maximum Gasteiger partial charge on any atom is 0.409 e. The molecule has 0 bridgehead atoms. The smallest absolute Gasteiger partial charge is 0.409 e. The van der Waals surface area contributed by atoms with E-state index in [1.165, 1.54) is 5.06 Å². The first-order valence-electron chi connectivity index (χ1n) is 10.9. The molecule has 0 saturated carbocycles. The van der Waals surface area contributed by atoms with Gasteiger partial charge in [0.25, 0.3) is 0 Å². The molecule has 1 atom stereocenters. The van der Waals surface area contributed by atoms with Crippen molar-refractivity contribution in [1.29, 1.82) is 0 Å². The number of imidazole rings is 1. The third-order valence-corrected chi connectivity index (χ3v) is 5.52. The van der Waals surface area contributed by atoms with E-state index in [9.17, 15) is 9.59 Å². The van der Waals surface area contributed by atoms with Crippen molar-refractivity contribution in [2.24, 2.45) is 0 Å². The molecule has 2 aromatic heterocycles. The number of urea groups is 1. The summed E-state index contributed by atoms with van der Waals surface area (Å²) >= 11 is 0. The molecule has 1 aliphatic rings. The van der Waals surface area contributed by atoms with Crippen LogP contribution in [0.25, 0.3) is 5.65 Å². The zero-order valence-corrected chi connectivity index (χ0v) is 18.5. The van der Waals surface area contributed by atoms with Gasteiger partial charge in [0.1, 0.15) is 5.69 Å². The highest BCUT2D eigenvalue weighted by atomic mass is 16.7. The Labute approximate surface area is 200 Å². The summed E-state index contributed by atoms with van der Waals surface area (Å²) in [5.74, 6) is 6.13. The fourth-order valence-electron chi connectivity index (χ4n) is 3.95. The number of carbonyl (C=O) groups is 2. The molecule has 3 N–H and O–H groups in total. The Morgan fingerprint density at radius 1 is 1.03 bits per heavy atom. The van der Waals surface area contributed by atoms with E-state index in [1.54, 1.807) is 41.1 Å². The Morgan fingerprint density at radius 3 is 2.71 bits per heavy atom. The number of benzene rings is 2. The van der Waals surface area contributed by atoms with E-state index in [0.717, 1.165) is 12.0 Å². The first-order chi connectivity index (χ1) is 17.1. The molecule has 5 rings (SSSR count). The van der Waals surface area contributed by atoms with E-state index in [4.69, 9.17) is 9.94 Å². The monoisotopic (exact) mass is 467 g/mol. The number of nitrogens with one attached hydrogen (secondary N) is 2. The molecule has 0 aliphatic carbocycles. The number of nitrogens with zero attached hydrogens (tertiary/aromatic N) is 3. The Bertz CT molecular complexity index is 1450. The highest BCUT2D eigenvalue weighted by molar-refractivity contribution is 5.89. The van der Waals surface area contributed by atoms with Gasteiger partial charge in [0.15, 0.2) is 5.65 Å². The van der Waals surface area contributed by atoms with Gasteiger partial charge >= 0.3 is 12.1 Å². The molecule has 1 saturated heterocycles. The van der Waals surface area contributed by atoms with Crippen LogP contribution >= 0.6 is 0 Å². The minimum atomic E-state index is -1.16. The molecule has 0 spiro atoms. The van der Waals surface area contributed by atoms with Crippen LogP contribution in [-0.2, 0) is 4.84 Å². The van der Waals surface area contributed by atoms with Gasteiger partial charge in [-0.2, -0.15) is 5.06 Å². The first-order valence-corrected chi connectivity index (χ1v) is 10.9. The van der Waals surface area contributed by atoms with Crippen LogP contribution in [0.4, 0.5) is 21.0 Å². The molecule has 1 fully saturated rings. The van der Waals surface area contributed by atoms with Gasteiger partial charge < -0.3 is 10.4 Å². The zero-order valence-electron chi connectivity index (χ0n) is 18.5. The van der Waals surface area contributed by atoms with Crippen molar-refractivity contribution in [2.45, 2.75) is 12.5 Å². The molecule has 4 aromatic rings. The molecule has 2 aromatic carbocycles. The zero-order chi connectivity index (χ0) is 24.2. The summed E-state index contributed by atoms with van der Waals surface area (Å²) in [4.78, 5) is 33.8. The van der Waals surface area contributed by atoms with Crippen LogP contribution in [0.3, 0.4) is 0 Å². The SMILES string of the molecule is O=C(O)Nc1cccn2c(C#Cc3cccc(NC(=O)N4OCCC4c4ccccc4)c3)cnc12. The lowest BCUT2D eigenvalue weighted by molar-refractivity contribution is -0.0829. The van der Waals surface area contributed by atoms with Crippen LogP contribution in [0, 0.1) is 11.8 Å². The third-order valence-electron chi connectivity index (χ3n) is 5.52. The molecule has 1 unspecified atom stereocenters. The summed E-state index contributed by atoms with van der Waals surface area (Å²) in [6.07, 6.45) is 2.90. The van der Waals surface area contributed by atoms with Crippen molar-refractivity contribution in [3.05, 3.63) is 95.9 Å². The van der Waals surface area contributed by atoms with Crippen molar-refractivity contribution in [3.8, 4) is 11.8 Å². The van der Waals surface area contributed by atoms with E-state index in [-0.39, 0.29) is 12.1 Å². The van der Waals surface area contributed by atoms with Gasteiger partial charge in [0.05, 0.1) is 24.5 Å². The van der Waals surface area contributed by atoms with Crippen LogP contribution in [-0.4, -0.2) is 38.3 Å². The van der Waals surface area contributed by atoms with Crippen molar-refractivity contribution in [1.82, 2.24) is 14.4 Å². The number of aromatic nitrogens is 2. The number of hydroxylamine groups is 2. The number of rotatable bonds is 3. The summed E-state index contributed by atoms with van der Waals surface area (Å²) in [6, 6.07) is 19.9. The van der Waals surface area contributed by atoms with Gasteiger partial charge in [-0.1, -0.05) is 42.3 Å². The standard InChI is InChI=1S/C26H21N5O4/c32-25(31-23(13-15-35-31)19-7-2-1-3-8-19)28-20-9-4-6-18(16-20)11-12-21-17-27-24-22(29-26(33)34)10-5-14-30(21)24/h1-10,14,16-17,23,29H,13,15H2,(H,28,32)(H,33,34). The number of hydrogen-bond donors (Lipinski definition) is 3. The number of carbonyl (C=O) groups excluding carboxylic acids is 1. The lowest BCUT2D eigenvalue weighted by Crippen LogP contribution is -2.33. The van der Waals surface area contributed by atoms with Crippen LogP contribution in [0.2, 0.25) is 0 Å². The second-order valence-electron chi connectivity index (χ2n) is 7.82. The van der Waals surface area contributed by atoms with E-state index in [2.05, 4.69) is 27.5 Å². The van der Waals surface area contributed by atoms with Gasteiger partial charge in [0, 0.05) is 23.9 Å². The first kappa shape index (κ1) is 22.0. The Kier molecular flexibility index (Phi) is 6.03. The number of fused-ring (bicyclic) bond motifs is 1. The normalized spacial score (nSPS) is 14.9. The highest BCUT2D eigenvalue weighted by Crippen LogP contribution is 2.30.